The Morgan fingerprint density at radius 1 is 0.311 bits per heavy atom. The summed E-state index contributed by atoms with van der Waals surface area (Å²) in [5, 5.41) is 0. The van der Waals surface area contributed by atoms with Crippen LogP contribution in [0.1, 0.15) is 290 Å². The molecule has 0 aromatic rings. The molecule has 1 atom stereocenters. The fourth-order valence-electron chi connectivity index (χ4n) is 7.83. The Labute approximate surface area is 379 Å². The van der Waals surface area contributed by atoms with Gasteiger partial charge in [0.05, 0.1) is 0 Å². The molecule has 0 saturated carbocycles. The van der Waals surface area contributed by atoms with Gasteiger partial charge < -0.3 is 14.2 Å². The predicted molar refractivity (Wildman–Crippen MR) is 261 cm³/mol. The first kappa shape index (κ1) is 58.9. The van der Waals surface area contributed by atoms with Crippen LogP contribution in [0.25, 0.3) is 0 Å². The summed E-state index contributed by atoms with van der Waals surface area (Å²) in [4.78, 5) is 38.0. The second-order valence-corrected chi connectivity index (χ2v) is 18.1. The number of unbranched alkanes of at least 4 members (excludes halogenated alkanes) is 34. The summed E-state index contributed by atoms with van der Waals surface area (Å²) in [7, 11) is 0. The van der Waals surface area contributed by atoms with Crippen LogP contribution in [0.3, 0.4) is 0 Å². The highest BCUT2D eigenvalue weighted by Crippen LogP contribution is 2.16. The first-order valence-electron chi connectivity index (χ1n) is 26.8. The molecule has 0 bridgehead atoms. The van der Waals surface area contributed by atoms with Crippen molar-refractivity contribution in [3.8, 4) is 0 Å². The quantitative estimate of drug-likeness (QED) is 0.0262. The van der Waals surface area contributed by atoms with Gasteiger partial charge in [-0.1, -0.05) is 231 Å². The molecule has 0 rings (SSSR count). The van der Waals surface area contributed by atoms with Gasteiger partial charge in [-0.05, 0) is 64.2 Å². The summed E-state index contributed by atoms with van der Waals surface area (Å²) >= 11 is 0. The third-order valence-electron chi connectivity index (χ3n) is 11.9. The lowest BCUT2D eigenvalue weighted by Crippen LogP contribution is -2.30. The van der Waals surface area contributed by atoms with Crippen molar-refractivity contribution in [1.82, 2.24) is 0 Å². The van der Waals surface area contributed by atoms with E-state index in [1.54, 1.807) is 0 Å². The number of hydrogen-bond acceptors (Lipinski definition) is 6. The molecule has 6 nitrogen and oxygen atoms in total. The maximum Gasteiger partial charge on any atom is 0.306 e. The topological polar surface area (TPSA) is 78.9 Å². The molecule has 0 amide bonds. The van der Waals surface area contributed by atoms with Crippen molar-refractivity contribution in [3.63, 3.8) is 0 Å². The van der Waals surface area contributed by atoms with Crippen molar-refractivity contribution in [3.05, 3.63) is 24.3 Å². The van der Waals surface area contributed by atoms with Gasteiger partial charge in [-0.3, -0.25) is 14.4 Å². The standard InChI is InChI=1S/C55H102O6/c1-4-7-10-13-16-19-22-24-26-27-29-31-34-36-39-42-45-48-54(57)60-51-52(61-55(58)49-46-43-40-37-32-21-18-15-12-9-6-3)50-59-53(56)47-44-41-38-35-33-30-28-25-23-20-17-14-11-8-5-2/h15,18,24,26,52H,4-14,16-17,19-23,25,27-51H2,1-3H3/b18-15-,26-24-/t52-/m0/s1. The maximum atomic E-state index is 12.8. The number of ether oxygens (including phenoxy) is 3. The number of rotatable bonds is 49. The van der Waals surface area contributed by atoms with Crippen molar-refractivity contribution in [2.75, 3.05) is 13.2 Å². The number of allylic oxidation sites excluding steroid dienone is 4. The number of esters is 3. The van der Waals surface area contributed by atoms with E-state index in [-0.39, 0.29) is 31.1 Å². The largest absolute Gasteiger partial charge is 0.462 e. The van der Waals surface area contributed by atoms with Gasteiger partial charge in [0.25, 0.3) is 0 Å². The lowest BCUT2D eigenvalue weighted by molar-refractivity contribution is -0.167. The third kappa shape index (κ3) is 48.8. The van der Waals surface area contributed by atoms with Crippen LogP contribution in [0.5, 0.6) is 0 Å². The summed E-state index contributed by atoms with van der Waals surface area (Å²) < 4.78 is 16.8. The molecule has 0 saturated heterocycles. The molecule has 0 fully saturated rings. The van der Waals surface area contributed by atoms with E-state index in [4.69, 9.17) is 14.2 Å². The van der Waals surface area contributed by atoms with Crippen LogP contribution in [0, 0.1) is 0 Å². The molecule has 358 valence electrons. The molecule has 0 radical (unpaired) electrons. The minimum atomic E-state index is -0.772. The average Bonchev–Trinajstić information content (AvgIpc) is 3.26. The molecule has 0 aliphatic heterocycles. The number of hydrogen-bond donors (Lipinski definition) is 0. The van der Waals surface area contributed by atoms with E-state index in [0.717, 1.165) is 70.6 Å². The fraction of sp³-hybridized carbons (Fsp3) is 0.873. The lowest BCUT2D eigenvalue weighted by atomic mass is 10.0. The van der Waals surface area contributed by atoms with Crippen LogP contribution in [-0.4, -0.2) is 37.2 Å². The van der Waals surface area contributed by atoms with Crippen molar-refractivity contribution >= 4 is 17.9 Å². The van der Waals surface area contributed by atoms with Gasteiger partial charge in [-0.15, -0.1) is 0 Å². The summed E-state index contributed by atoms with van der Waals surface area (Å²) in [5.74, 6) is -0.872. The molecule has 0 aliphatic rings. The number of carbonyl (C=O) groups excluding carboxylic acids is 3. The van der Waals surface area contributed by atoms with E-state index in [1.807, 2.05) is 0 Å². The average molecular weight is 859 g/mol. The van der Waals surface area contributed by atoms with E-state index in [9.17, 15) is 14.4 Å². The summed E-state index contributed by atoms with van der Waals surface area (Å²) in [5.41, 5.74) is 0. The molecular formula is C55H102O6. The van der Waals surface area contributed by atoms with Crippen LogP contribution >= 0.6 is 0 Å². The first-order valence-corrected chi connectivity index (χ1v) is 26.8. The van der Waals surface area contributed by atoms with Gasteiger partial charge in [0.1, 0.15) is 13.2 Å². The van der Waals surface area contributed by atoms with Crippen LogP contribution in [0.2, 0.25) is 0 Å². The van der Waals surface area contributed by atoms with E-state index < -0.39 is 6.10 Å². The highest BCUT2D eigenvalue weighted by atomic mass is 16.6. The van der Waals surface area contributed by atoms with Crippen LogP contribution in [0.4, 0.5) is 0 Å². The Balaban J connectivity index is 4.30. The minimum Gasteiger partial charge on any atom is -0.462 e. The van der Waals surface area contributed by atoms with Crippen LogP contribution in [-0.2, 0) is 28.6 Å². The molecule has 6 heteroatoms. The SMILES string of the molecule is CCCC/C=C\CCCCCCCC(=O)O[C@H](COC(=O)CCCCCCCCC/C=C\CCCCCCCC)COC(=O)CCCCCCCCCCCCCCCCC. The zero-order valence-electron chi connectivity index (χ0n) is 40.9. The van der Waals surface area contributed by atoms with Gasteiger partial charge in [0.2, 0.25) is 0 Å². The summed E-state index contributed by atoms with van der Waals surface area (Å²) in [6.07, 6.45) is 57.3. The normalized spacial score (nSPS) is 12.1. The second kappa shape index (κ2) is 50.5. The van der Waals surface area contributed by atoms with Crippen molar-refractivity contribution in [2.45, 2.75) is 297 Å². The highest BCUT2D eigenvalue weighted by molar-refractivity contribution is 5.71. The Kier molecular flexibility index (Phi) is 48.8. The van der Waals surface area contributed by atoms with E-state index in [2.05, 4.69) is 45.1 Å². The van der Waals surface area contributed by atoms with Gasteiger partial charge >= 0.3 is 17.9 Å². The third-order valence-corrected chi connectivity index (χ3v) is 11.9. The monoisotopic (exact) mass is 859 g/mol. The Bertz CT molecular complexity index is 989. The zero-order valence-corrected chi connectivity index (χ0v) is 40.9. The van der Waals surface area contributed by atoms with E-state index in [1.165, 1.54) is 180 Å². The van der Waals surface area contributed by atoms with Gasteiger partial charge in [-0.25, -0.2) is 0 Å². The van der Waals surface area contributed by atoms with Gasteiger partial charge in [-0.2, -0.15) is 0 Å². The molecule has 0 aromatic heterocycles. The second-order valence-electron chi connectivity index (χ2n) is 18.1. The van der Waals surface area contributed by atoms with Gasteiger partial charge in [0, 0.05) is 19.3 Å². The Morgan fingerprint density at radius 3 is 0.869 bits per heavy atom. The van der Waals surface area contributed by atoms with E-state index >= 15 is 0 Å². The molecule has 0 heterocycles. The molecule has 0 spiro atoms. The summed E-state index contributed by atoms with van der Waals surface area (Å²) in [6, 6.07) is 0. The Morgan fingerprint density at radius 2 is 0.557 bits per heavy atom. The van der Waals surface area contributed by atoms with Crippen molar-refractivity contribution < 1.29 is 28.6 Å². The Hall–Kier alpha value is -2.11. The molecular weight excluding hydrogens is 757 g/mol. The van der Waals surface area contributed by atoms with Gasteiger partial charge in [0.15, 0.2) is 6.10 Å². The molecule has 0 unspecified atom stereocenters. The molecule has 0 N–H and O–H groups in total. The summed E-state index contributed by atoms with van der Waals surface area (Å²) in [6.45, 7) is 6.62. The zero-order chi connectivity index (χ0) is 44.4. The highest BCUT2D eigenvalue weighted by Gasteiger charge is 2.19. The van der Waals surface area contributed by atoms with Crippen molar-refractivity contribution in [1.29, 1.82) is 0 Å². The molecule has 61 heavy (non-hydrogen) atoms. The first-order chi connectivity index (χ1) is 30.0. The van der Waals surface area contributed by atoms with Crippen molar-refractivity contribution in [2.24, 2.45) is 0 Å². The fourth-order valence-corrected chi connectivity index (χ4v) is 7.83. The molecule has 0 aliphatic carbocycles. The van der Waals surface area contributed by atoms with E-state index in [0.29, 0.717) is 19.3 Å². The lowest BCUT2D eigenvalue weighted by Gasteiger charge is -2.18. The maximum absolute atomic E-state index is 12.8. The molecule has 0 aromatic carbocycles. The van der Waals surface area contributed by atoms with Crippen LogP contribution < -0.4 is 0 Å². The smallest absolute Gasteiger partial charge is 0.306 e. The predicted octanol–water partition coefficient (Wildman–Crippen LogP) is 17.5. The van der Waals surface area contributed by atoms with Crippen LogP contribution in [0.15, 0.2) is 24.3 Å². The minimum absolute atomic E-state index is 0.0721. The number of carbonyl (C=O) groups is 3.